The lowest BCUT2D eigenvalue weighted by Gasteiger charge is -2.44. The first-order valence-electron chi connectivity index (χ1n) is 10.0. The zero-order chi connectivity index (χ0) is 22.9. The Morgan fingerprint density at radius 2 is 2.16 bits per heavy atom. The Morgan fingerprint density at radius 3 is 2.91 bits per heavy atom. The van der Waals surface area contributed by atoms with Gasteiger partial charge in [0.15, 0.2) is 5.76 Å². The van der Waals surface area contributed by atoms with E-state index in [4.69, 9.17) is 16.0 Å². The second-order valence-corrected chi connectivity index (χ2v) is 10.1. The topological polar surface area (TPSA) is 160 Å². The number of primary amides is 1. The Bertz CT molecular complexity index is 1070. The summed E-state index contributed by atoms with van der Waals surface area (Å²) >= 11 is 1.70. The third-order valence-electron chi connectivity index (χ3n) is 5.87. The van der Waals surface area contributed by atoms with E-state index in [2.05, 4.69) is 16.7 Å². The van der Waals surface area contributed by atoms with Crippen LogP contribution in [-0.2, 0) is 13.9 Å². The van der Waals surface area contributed by atoms with Crippen LogP contribution in [0.3, 0.4) is 0 Å². The molecule has 11 heteroatoms. The number of phosphoric acid groups is 1. The summed E-state index contributed by atoms with van der Waals surface area (Å²) in [5.41, 5.74) is 13.1. The van der Waals surface area contributed by atoms with E-state index < -0.39 is 25.2 Å². The first kappa shape index (κ1) is 22.7. The first-order valence-corrected chi connectivity index (χ1v) is 12.5. The molecule has 0 radical (unpaired) electrons. The van der Waals surface area contributed by atoms with Crippen LogP contribution in [0.25, 0.3) is 0 Å². The number of carbonyl (C=O) groups is 1. The van der Waals surface area contributed by atoms with Gasteiger partial charge in [0.05, 0.1) is 11.7 Å². The summed E-state index contributed by atoms with van der Waals surface area (Å²) < 4.78 is 16.5. The molecule has 4 rings (SSSR count). The average Bonchev–Trinajstić information content (AvgIpc) is 2.98. The molecule has 1 aromatic rings. The molecular formula is C21H25N4O5PS. The van der Waals surface area contributed by atoms with Crippen molar-refractivity contribution in [2.45, 2.75) is 17.4 Å². The molecule has 1 aliphatic carbocycles. The molecule has 3 aliphatic rings. The summed E-state index contributed by atoms with van der Waals surface area (Å²) in [6.45, 7) is 0.600. The van der Waals surface area contributed by atoms with Gasteiger partial charge < -0.3 is 26.6 Å². The van der Waals surface area contributed by atoms with Gasteiger partial charge in [0.25, 0.3) is 0 Å². The molecule has 3 atom stereocenters. The third-order valence-corrected chi connectivity index (χ3v) is 7.54. The van der Waals surface area contributed by atoms with Crippen molar-refractivity contribution in [3.05, 3.63) is 71.8 Å². The third kappa shape index (κ3) is 4.51. The fourth-order valence-corrected chi connectivity index (χ4v) is 6.02. The molecule has 2 aliphatic heterocycles. The molecule has 32 heavy (non-hydrogen) atoms. The number of nitrogens with one attached hydrogen (secondary N) is 2. The van der Waals surface area contributed by atoms with Crippen molar-refractivity contribution in [2.24, 2.45) is 22.8 Å². The van der Waals surface area contributed by atoms with E-state index in [0.717, 1.165) is 21.9 Å². The van der Waals surface area contributed by atoms with Crippen LogP contribution < -0.4 is 22.1 Å². The lowest BCUT2D eigenvalue weighted by atomic mass is 9.63. The summed E-state index contributed by atoms with van der Waals surface area (Å²) in [4.78, 5) is 31.8. The summed E-state index contributed by atoms with van der Waals surface area (Å²) in [6.07, 6.45) is 8.90. The lowest BCUT2D eigenvalue weighted by Crippen LogP contribution is -2.48. The number of allylic oxidation sites excluding steroid dienone is 5. The summed E-state index contributed by atoms with van der Waals surface area (Å²) in [6, 6.07) is 7.11. The first-order chi connectivity index (χ1) is 15.2. The van der Waals surface area contributed by atoms with Gasteiger partial charge in [0, 0.05) is 34.5 Å². The van der Waals surface area contributed by atoms with Crippen molar-refractivity contribution in [3.63, 3.8) is 0 Å². The number of phosphoric ester groups is 1. The number of hydrogen-bond donors (Lipinski definition) is 6. The van der Waals surface area contributed by atoms with Crippen LogP contribution in [0.15, 0.2) is 76.7 Å². The molecule has 0 saturated carbocycles. The van der Waals surface area contributed by atoms with Crippen molar-refractivity contribution in [2.75, 3.05) is 17.6 Å². The van der Waals surface area contributed by atoms with Crippen molar-refractivity contribution < 1.29 is 23.7 Å². The van der Waals surface area contributed by atoms with Crippen LogP contribution in [0, 0.1) is 11.3 Å². The van der Waals surface area contributed by atoms with Crippen molar-refractivity contribution >= 4 is 31.2 Å². The Kier molecular flexibility index (Phi) is 6.24. The SMILES string of the molecule is NC(=O)[C@@H](N)CC1(C2CNc3ccccc3SC2)C=CC(OP(=O)(O)O)=C2NC=CC=C21. The summed E-state index contributed by atoms with van der Waals surface area (Å²) in [5, 5.41) is 6.55. The van der Waals surface area contributed by atoms with Gasteiger partial charge in [-0.15, -0.1) is 11.8 Å². The predicted octanol–water partition coefficient (Wildman–Crippen LogP) is 1.94. The molecule has 0 aromatic heterocycles. The van der Waals surface area contributed by atoms with Gasteiger partial charge in [0.1, 0.15) is 0 Å². The van der Waals surface area contributed by atoms with E-state index in [1.165, 1.54) is 6.08 Å². The molecule has 1 aromatic carbocycles. The molecule has 2 heterocycles. The molecule has 170 valence electrons. The van der Waals surface area contributed by atoms with Gasteiger partial charge in [-0.05, 0) is 42.2 Å². The van der Waals surface area contributed by atoms with E-state index in [0.29, 0.717) is 12.2 Å². The van der Waals surface area contributed by atoms with Gasteiger partial charge >= 0.3 is 7.82 Å². The van der Waals surface area contributed by atoms with Crippen molar-refractivity contribution in [1.82, 2.24) is 5.32 Å². The van der Waals surface area contributed by atoms with E-state index in [1.54, 1.807) is 24.0 Å². The van der Waals surface area contributed by atoms with E-state index in [9.17, 15) is 19.1 Å². The minimum absolute atomic E-state index is 0.0206. The van der Waals surface area contributed by atoms with Crippen LogP contribution in [0.5, 0.6) is 0 Å². The number of anilines is 1. The Morgan fingerprint density at radius 1 is 1.38 bits per heavy atom. The quantitative estimate of drug-likeness (QED) is 0.337. The summed E-state index contributed by atoms with van der Waals surface area (Å²) in [5.74, 6) is 0.114. The largest absolute Gasteiger partial charge is 0.524 e. The molecule has 9 nitrogen and oxygen atoms in total. The smallest absolute Gasteiger partial charge is 0.402 e. The summed E-state index contributed by atoms with van der Waals surface area (Å²) in [7, 11) is -4.78. The Balaban J connectivity index is 1.77. The predicted molar refractivity (Wildman–Crippen MR) is 123 cm³/mol. The van der Waals surface area contributed by atoms with Crippen LogP contribution in [0.1, 0.15) is 6.42 Å². The number of nitrogens with two attached hydrogens (primary N) is 2. The maximum atomic E-state index is 11.9. The van der Waals surface area contributed by atoms with Crippen molar-refractivity contribution in [1.29, 1.82) is 0 Å². The monoisotopic (exact) mass is 476 g/mol. The molecule has 8 N–H and O–H groups in total. The molecule has 0 fully saturated rings. The second-order valence-electron chi connectivity index (χ2n) is 7.88. The normalized spacial score (nSPS) is 25.5. The van der Waals surface area contributed by atoms with Gasteiger partial charge in [-0.1, -0.05) is 24.3 Å². The highest BCUT2D eigenvalue weighted by molar-refractivity contribution is 7.99. The van der Waals surface area contributed by atoms with E-state index in [1.807, 2.05) is 30.4 Å². The highest BCUT2D eigenvalue weighted by Crippen LogP contribution is 2.53. The fraction of sp³-hybridized carbons (Fsp3) is 0.286. The Hall–Kier alpha value is -2.49. The number of para-hydroxylation sites is 1. The molecule has 2 unspecified atom stereocenters. The number of thioether (sulfide) groups is 1. The van der Waals surface area contributed by atoms with Gasteiger partial charge in [-0.25, -0.2) is 4.57 Å². The van der Waals surface area contributed by atoms with Gasteiger partial charge in [-0.2, -0.15) is 0 Å². The van der Waals surface area contributed by atoms with E-state index in [-0.39, 0.29) is 18.1 Å². The molecular weight excluding hydrogens is 451 g/mol. The Labute approximate surface area is 189 Å². The van der Waals surface area contributed by atoms with Crippen LogP contribution in [-0.4, -0.2) is 34.0 Å². The van der Waals surface area contributed by atoms with Gasteiger partial charge in [-0.3, -0.25) is 14.6 Å². The number of amides is 1. The number of carbonyl (C=O) groups excluding carboxylic acids is 1. The number of hydrogen-bond acceptors (Lipinski definition) is 7. The van der Waals surface area contributed by atoms with Crippen molar-refractivity contribution in [3.8, 4) is 0 Å². The van der Waals surface area contributed by atoms with E-state index >= 15 is 0 Å². The molecule has 1 amide bonds. The zero-order valence-corrected chi connectivity index (χ0v) is 18.8. The highest BCUT2D eigenvalue weighted by Gasteiger charge is 2.47. The molecule has 0 spiro atoms. The zero-order valence-electron chi connectivity index (χ0n) is 17.1. The number of benzene rings is 1. The molecule has 0 saturated heterocycles. The minimum atomic E-state index is -4.78. The van der Waals surface area contributed by atoms with Crippen LogP contribution in [0.4, 0.5) is 5.69 Å². The number of rotatable bonds is 6. The van der Waals surface area contributed by atoms with Crippen LogP contribution >= 0.6 is 19.6 Å². The number of fused-ring (bicyclic) bond motifs is 2. The maximum absolute atomic E-state index is 11.9. The standard InChI is InChI=1S/C21H25N4O5PS/c22-15(20(23)26)10-21(13-11-25-16-5-1-2-6-18(16)32-12-13)8-7-17(30-31(27,28)29)19-14(21)4-3-9-24-19/h1-9,13,15,24-25H,10-12,22H2,(H2,23,26)(H2,27,28,29)/t13?,15-,21?/m0/s1. The second kappa shape index (κ2) is 8.80. The molecule has 0 bridgehead atoms. The minimum Gasteiger partial charge on any atom is -0.402 e. The average molecular weight is 476 g/mol. The fourth-order valence-electron chi connectivity index (χ4n) is 4.35. The number of dihydropyridines is 1. The van der Waals surface area contributed by atoms with Gasteiger partial charge in [0.2, 0.25) is 5.91 Å². The maximum Gasteiger partial charge on any atom is 0.524 e. The lowest BCUT2D eigenvalue weighted by molar-refractivity contribution is -0.119. The highest BCUT2D eigenvalue weighted by atomic mass is 32.2. The van der Waals surface area contributed by atoms with Crippen LogP contribution in [0.2, 0.25) is 0 Å².